The number of aliphatic imine (C=N–C) groups is 1. The maximum atomic E-state index is 12.2. The van der Waals surface area contributed by atoms with Crippen LogP contribution in [0.1, 0.15) is 16.8 Å². The number of hydrogen-bond donors (Lipinski definition) is 1. The maximum Gasteiger partial charge on any atom is 0.238 e. The quantitative estimate of drug-likeness (QED) is 0.840. The minimum absolute atomic E-state index is 0.0299. The SMILES string of the molecule is CN=C1S[C@@H](C(=O)Nc2ccc(C(=O)[O-])cc2)CC(=O)N1C. The standard InChI is InChI=1S/C14H15N3O4S/c1-15-14-17(2)11(18)7-10(22-14)12(19)16-9-5-3-8(4-6-9)13(20)21/h3-6,10H,7H2,1-2H3,(H,16,19)(H,20,21)/p-1/t10-/m1/s1. The van der Waals surface area contributed by atoms with Crippen LogP contribution in [0.25, 0.3) is 0 Å². The molecule has 2 amide bonds. The second kappa shape index (κ2) is 6.61. The Morgan fingerprint density at radius 3 is 2.55 bits per heavy atom. The summed E-state index contributed by atoms with van der Waals surface area (Å²) in [5, 5.41) is 13.2. The first-order chi connectivity index (χ1) is 10.4. The van der Waals surface area contributed by atoms with Gasteiger partial charge in [0.05, 0.1) is 5.97 Å². The molecule has 8 heteroatoms. The lowest BCUT2D eigenvalue weighted by atomic mass is 10.2. The van der Waals surface area contributed by atoms with Crippen LogP contribution in [0.4, 0.5) is 5.69 Å². The number of thioether (sulfide) groups is 1. The molecule has 7 nitrogen and oxygen atoms in total. The van der Waals surface area contributed by atoms with Gasteiger partial charge in [-0.1, -0.05) is 23.9 Å². The van der Waals surface area contributed by atoms with Crippen molar-refractivity contribution in [2.45, 2.75) is 11.7 Å². The van der Waals surface area contributed by atoms with Gasteiger partial charge in [0, 0.05) is 26.2 Å². The van der Waals surface area contributed by atoms with E-state index in [4.69, 9.17) is 0 Å². The van der Waals surface area contributed by atoms with E-state index in [0.29, 0.717) is 10.9 Å². The number of carboxylic acids is 1. The lowest BCUT2D eigenvalue weighted by Gasteiger charge is -2.28. The molecule has 0 radical (unpaired) electrons. The summed E-state index contributed by atoms with van der Waals surface area (Å²) in [5.74, 6) is -1.78. The van der Waals surface area contributed by atoms with E-state index in [1.54, 1.807) is 14.1 Å². The number of carboxylic acid groups (broad SMARTS) is 1. The van der Waals surface area contributed by atoms with Crippen LogP contribution in [0.3, 0.4) is 0 Å². The minimum atomic E-state index is -1.28. The van der Waals surface area contributed by atoms with Crippen molar-refractivity contribution in [1.29, 1.82) is 0 Å². The first-order valence-electron chi connectivity index (χ1n) is 6.44. The number of hydrogen-bond acceptors (Lipinski definition) is 6. The number of amidine groups is 1. The second-order valence-electron chi connectivity index (χ2n) is 4.62. The fourth-order valence-electron chi connectivity index (χ4n) is 1.91. The average molecular weight is 320 g/mol. The van der Waals surface area contributed by atoms with Crippen LogP contribution in [0, 0.1) is 0 Å². The molecule has 2 rings (SSSR count). The molecular formula is C14H14N3O4S-. The molecule has 116 valence electrons. The Hall–Kier alpha value is -2.35. The van der Waals surface area contributed by atoms with E-state index in [-0.39, 0.29) is 23.8 Å². The summed E-state index contributed by atoms with van der Waals surface area (Å²) in [6.45, 7) is 0. The monoisotopic (exact) mass is 320 g/mol. The minimum Gasteiger partial charge on any atom is -0.545 e. The lowest BCUT2D eigenvalue weighted by molar-refractivity contribution is -0.255. The van der Waals surface area contributed by atoms with Crippen molar-refractivity contribution in [3.05, 3.63) is 29.8 Å². The predicted octanol–water partition coefficient (Wildman–Crippen LogP) is -0.0617. The summed E-state index contributed by atoms with van der Waals surface area (Å²) in [6.07, 6.45) is 0.0865. The molecule has 1 fully saturated rings. The van der Waals surface area contributed by atoms with Gasteiger partial charge in [0.25, 0.3) is 0 Å². The molecule has 1 N–H and O–H groups in total. The van der Waals surface area contributed by atoms with Gasteiger partial charge in [0.1, 0.15) is 5.25 Å². The molecule has 0 spiro atoms. The number of nitrogens with zero attached hydrogens (tertiary/aromatic N) is 2. The lowest BCUT2D eigenvalue weighted by Crippen LogP contribution is -2.43. The van der Waals surface area contributed by atoms with Gasteiger partial charge in [-0.3, -0.25) is 19.5 Å². The normalized spacial score (nSPS) is 20.1. The van der Waals surface area contributed by atoms with Crippen molar-refractivity contribution in [2.75, 3.05) is 19.4 Å². The van der Waals surface area contributed by atoms with Gasteiger partial charge in [-0.2, -0.15) is 0 Å². The molecule has 1 saturated heterocycles. The average Bonchev–Trinajstić information content (AvgIpc) is 2.50. The van der Waals surface area contributed by atoms with Crippen molar-refractivity contribution in [1.82, 2.24) is 4.90 Å². The zero-order chi connectivity index (χ0) is 16.3. The third-order valence-electron chi connectivity index (χ3n) is 3.14. The van der Waals surface area contributed by atoms with Gasteiger partial charge in [0.2, 0.25) is 11.8 Å². The Labute approximate surface area is 131 Å². The first kappa shape index (κ1) is 16.0. The Kier molecular flexibility index (Phi) is 4.81. The highest BCUT2D eigenvalue weighted by atomic mass is 32.2. The van der Waals surface area contributed by atoms with Crippen molar-refractivity contribution < 1.29 is 19.5 Å². The predicted molar refractivity (Wildman–Crippen MR) is 81.5 cm³/mol. The zero-order valence-electron chi connectivity index (χ0n) is 12.0. The Morgan fingerprint density at radius 2 is 2.00 bits per heavy atom. The highest BCUT2D eigenvalue weighted by molar-refractivity contribution is 8.15. The molecule has 1 aliphatic rings. The van der Waals surface area contributed by atoms with E-state index in [1.165, 1.54) is 40.9 Å². The highest BCUT2D eigenvalue weighted by Crippen LogP contribution is 2.26. The van der Waals surface area contributed by atoms with Crippen molar-refractivity contribution in [3.63, 3.8) is 0 Å². The van der Waals surface area contributed by atoms with E-state index in [2.05, 4.69) is 10.3 Å². The molecule has 1 heterocycles. The topological polar surface area (TPSA) is 102 Å². The maximum absolute atomic E-state index is 12.2. The molecule has 0 aliphatic carbocycles. The number of anilines is 1. The molecule has 0 bridgehead atoms. The third-order valence-corrected chi connectivity index (χ3v) is 4.47. The van der Waals surface area contributed by atoms with Crippen LogP contribution >= 0.6 is 11.8 Å². The molecular weight excluding hydrogens is 306 g/mol. The van der Waals surface area contributed by atoms with Crippen LogP contribution in [0.15, 0.2) is 29.3 Å². The van der Waals surface area contributed by atoms with Crippen molar-refractivity contribution in [2.24, 2.45) is 4.99 Å². The molecule has 1 aromatic rings. The van der Waals surface area contributed by atoms with Crippen molar-refractivity contribution >= 4 is 40.4 Å². The molecule has 0 unspecified atom stereocenters. The number of carbonyl (C=O) groups excluding carboxylic acids is 3. The zero-order valence-corrected chi connectivity index (χ0v) is 12.8. The third kappa shape index (κ3) is 3.45. The van der Waals surface area contributed by atoms with E-state index in [9.17, 15) is 19.5 Å². The summed E-state index contributed by atoms with van der Waals surface area (Å²) in [7, 11) is 3.18. The summed E-state index contributed by atoms with van der Waals surface area (Å²) in [4.78, 5) is 40.1. The molecule has 0 saturated carbocycles. The van der Waals surface area contributed by atoms with Gasteiger partial charge in [0.15, 0.2) is 5.17 Å². The van der Waals surface area contributed by atoms with Gasteiger partial charge < -0.3 is 15.2 Å². The summed E-state index contributed by atoms with van der Waals surface area (Å²) >= 11 is 1.22. The summed E-state index contributed by atoms with van der Waals surface area (Å²) < 4.78 is 0. The Balaban J connectivity index is 2.06. The molecule has 0 aromatic heterocycles. The van der Waals surface area contributed by atoms with Gasteiger partial charge in [-0.25, -0.2) is 0 Å². The molecule has 1 aliphatic heterocycles. The second-order valence-corrected chi connectivity index (χ2v) is 5.79. The van der Waals surface area contributed by atoms with Gasteiger partial charge in [-0.05, 0) is 17.7 Å². The van der Waals surface area contributed by atoms with Crippen LogP contribution in [-0.2, 0) is 9.59 Å². The van der Waals surface area contributed by atoms with Crippen molar-refractivity contribution in [3.8, 4) is 0 Å². The number of benzene rings is 1. The van der Waals surface area contributed by atoms with Gasteiger partial charge in [-0.15, -0.1) is 0 Å². The fraction of sp³-hybridized carbons (Fsp3) is 0.286. The van der Waals surface area contributed by atoms with E-state index in [1.807, 2.05) is 0 Å². The van der Waals surface area contributed by atoms with E-state index < -0.39 is 11.2 Å². The molecule has 1 atom stereocenters. The fourth-order valence-corrected chi connectivity index (χ4v) is 2.92. The molecule has 1 aromatic carbocycles. The smallest absolute Gasteiger partial charge is 0.238 e. The van der Waals surface area contributed by atoms with E-state index >= 15 is 0 Å². The van der Waals surface area contributed by atoms with Crippen LogP contribution in [0.2, 0.25) is 0 Å². The summed E-state index contributed by atoms with van der Waals surface area (Å²) in [5.41, 5.74) is 0.485. The number of aromatic carboxylic acids is 1. The number of carbonyl (C=O) groups is 3. The highest BCUT2D eigenvalue weighted by Gasteiger charge is 2.33. The van der Waals surface area contributed by atoms with Crippen LogP contribution in [0.5, 0.6) is 0 Å². The largest absolute Gasteiger partial charge is 0.545 e. The Bertz CT molecular complexity index is 642. The Morgan fingerprint density at radius 1 is 1.36 bits per heavy atom. The number of rotatable bonds is 3. The number of amides is 2. The van der Waals surface area contributed by atoms with Gasteiger partial charge >= 0.3 is 0 Å². The molecule has 22 heavy (non-hydrogen) atoms. The van der Waals surface area contributed by atoms with Crippen LogP contribution in [-0.4, -0.2) is 47.2 Å². The van der Waals surface area contributed by atoms with Crippen LogP contribution < -0.4 is 10.4 Å². The summed E-state index contributed by atoms with van der Waals surface area (Å²) in [6, 6.07) is 5.63. The first-order valence-corrected chi connectivity index (χ1v) is 7.32. The van der Waals surface area contributed by atoms with E-state index in [0.717, 1.165) is 0 Å². The number of nitrogens with one attached hydrogen (secondary N) is 1.